The fourth-order valence-corrected chi connectivity index (χ4v) is 4.24. The van der Waals surface area contributed by atoms with Crippen molar-refractivity contribution in [2.45, 2.75) is 11.7 Å². The summed E-state index contributed by atoms with van der Waals surface area (Å²) in [6.07, 6.45) is 0. The third kappa shape index (κ3) is 4.78. The lowest BCUT2D eigenvalue weighted by Crippen LogP contribution is -2.29. The van der Waals surface area contributed by atoms with Crippen LogP contribution >= 0.6 is 11.8 Å². The lowest BCUT2D eigenvalue weighted by atomic mass is 10.2. The maximum Gasteiger partial charge on any atom is 0.266 e. The number of halogens is 3. The van der Waals surface area contributed by atoms with Gasteiger partial charge in [-0.25, -0.2) is 18.2 Å². The van der Waals surface area contributed by atoms with Crippen molar-refractivity contribution in [3.8, 4) is 5.69 Å². The molecule has 0 saturated heterocycles. The summed E-state index contributed by atoms with van der Waals surface area (Å²) in [4.78, 5) is 31.6. The topological polar surface area (TPSA) is 55.2 Å². The van der Waals surface area contributed by atoms with Crippen LogP contribution in [0.3, 0.4) is 0 Å². The molecule has 5 nitrogen and oxygen atoms in total. The van der Waals surface area contributed by atoms with E-state index in [1.165, 1.54) is 18.0 Å². The highest BCUT2D eigenvalue weighted by Crippen LogP contribution is 2.24. The second kappa shape index (κ2) is 9.50. The molecule has 0 atom stereocenters. The minimum atomic E-state index is -0.931. The Morgan fingerprint density at radius 1 is 1.00 bits per heavy atom. The van der Waals surface area contributed by atoms with E-state index in [9.17, 15) is 22.8 Å². The zero-order valence-electron chi connectivity index (χ0n) is 17.5. The minimum Gasteiger partial charge on any atom is -0.341 e. The maximum absolute atomic E-state index is 14.6. The third-order valence-electron chi connectivity index (χ3n) is 5.01. The summed E-state index contributed by atoms with van der Waals surface area (Å²) in [6.45, 7) is 0.0661. The lowest BCUT2D eigenvalue weighted by Gasteiger charge is -2.18. The van der Waals surface area contributed by atoms with Crippen LogP contribution in [0, 0.1) is 17.5 Å². The van der Waals surface area contributed by atoms with Gasteiger partial charge in [-0.3, -0.25) is 14.2 Å². The lowest BCUT2D eigenvalue weighted by molar-refractivity contribution is -0.127. The molecule has 3 aromatic carbocycles. The highest BCUT2D eigenvalue weighted by molar-refractivity contribution is 7.99. The number of amides is 1. The summed E-state index contributed by atoms with van der Waals surface area (Å²) in [5.74, 6) is -2.59. The van der Waals surface area contributed by atoms with Crippen molar-refractivity contribution in [1.82, 2.24) is 14.5 Å². The molecule has 0 fully saturated rings. The van der Waals surface area contributed by atoms with Crippen LogP contribution in [-0.4, -0.2) is 33.2 Å². The van der Waals surface area contributed by atoms with Crippen molar-refractivity contribution >= 4 is 28.6 Å². The zero-order chi connectivity index (χ0) is 23.5. The highest BCUT2D eigenvalue weighted by Gasteiger charge is 2.19. The van der Waals surface area contributed by atoms with Gasteiger partial charge in [0.25, 0.3) is 5.56 Å². The Balaban J connectivity index is 1.66. The summed E-state index contributed by atoms with van der Waals surface area (Å²) in [5, 5.41) is 0.338. The number of para-hydroxylation sites is 1. The van der Waals surface area contributed by atoms with Crippen LogP contribution in [0.2, 0.25) is 0 Å². The van der Waals surface area contributed by atoms with E-state index in [0.29, 0.717) is 17.1 Å². The molecule has 9 heteroatoms. The number of aromatic nitrogens is 2. The Kier molecular flexibility index (Phi) is 6.50. The molecule has 4 aromatic rings. The van der Waals surface area contributed by atoms with E-state index in [1.807, 2.05) is 0 Å². The molecule has 33 heavy (non-hydrogen) atoms. The number of fused-ring (bicyclic) bond motifs is 1. The van der Waals surface area contributed by atoms with Gasteiger partial charge in [-0.1, -0.05) is 42.1 Å². The van der Waals surface area contributed by atoms with Crippen LogP contribution in [-0.2, 0) is 11.3 Å². The largest absolute Gasteiger partial charge is 0.341 e. The number of carbonyl (C=O) groups is 1. The molecule has 0 radical (unpaired) electrons. The first-order valence-corrected chi connectivity index (χ1v) is 10.9. The second-order valence-corrected chi connectivity index (χ2v) is 8.22. The zero-order valence-corrected chi connectivity index (χ0v) is 18.3. The molecular formula is C24H18F3N3O2S. The molecule has 0 spiro atoms. The fourth-order valence-electron chi connectivity index (χ4n) is 3.29. The van der Waals surface area contributed by atoms with E-state index in [4.69, 9.17) is 0 Å². The number of benzene rings is 3. The highest BCUT2D eigenvalue weighted by atomic mass is 32.2. The number of hydrogen-bond donors (Lipinski definition) is 0. The molecule has 168 valence electrons. The number of hydrogen-bond acceptors (Lipinski definition) is 4. The van der Waals surface area contributed by atoms with E-state index >= 15 is 0 Å². The van der Waals surface area contributed by atoms with Crippen LogP contribution in [0.4, 0.5) is 13.2 Å². The maximum atomic E-state index is 14.6. The van der Waals surface area contributed by atoms with Crippen molar-refractivity contribution in [2.75, 3.05) is 12.8 Å². The summed E-state index contributed by atoms with van der Waals surface area (Å²) < 4.78 is 42.9. The molecule has 0 N–H and O–H groups in total. The molecule has 1 amide bonds. The van der Waals surface area contributed by atoms with Crippen LogP contribution in [0.15, 0.2) is 76.7 Å². The monoisotopic (exact) mass is 469 g/mol. The summed E-state index contributed by atoms with van der Waals surface area (Å²) in [5.41, 5.74) is 0.0403. The van der Waals surface area contributed by atoms with Gasteiger partial charge in [-0.05, 0) is 30.3 Å². The van der Waals surface area contributed by atoms with Gasteiger partial charge in [0.2, 0.25) is 5.91 Å². The number of rotatable bonds is 6. The number of thioether (sulfide) groups is 1. The van der Waals surface area contributed by atoms with Crippen molar-refractivity contribution < 1.29 is 18.0 Å². The van der Waals surface area contributed by atoms with E-state index in [1.54, 1.807) is 42.5 Å². The van der Waals surface area contributed by atoms with Gasteiger partial charge in [-0.15, -0.1) is 0 Å². The first-order valence-electron chi connectivity index (χ1n) is 9.92. The average Bonchev–Trinajstić information content (AvgIpc) is 2.80. The van der Waals surface area contributed by atoms with Crippen LogP contribution in [0.1, 0.15) is 5.56 Å². The van der Waals surface area contributed by atoms with Gasteiger partial charge in [-0.2, -0.15) is 0 Å². The third-order valence-corrected chi connectivity index (χ3v) is 5.93. The molecule has 1 heterocycles. The SMILES string of the molecule is CN(Cc1ccccc1F)C(=O)CSc1nc2ccccc2c(=O)n1-c1ccc(F)cc1F. The molecule has 0 bridgehead atoms. The second-order valence-electron chi connectivity index (χ2n) is 7.28. The molecule has 0 aliphatic heterocycles. The average molecular weight is 469 g/mol. The van der Waals surface area contributed by atoms with Crippen molar-refractivity contribution in [2.24, 2.45) is 0 Å². The number of nitrogens with zero attached hydrogens (tertiary/aromatic N) is 3. The molecule has 0 aliphatic carbocycles. The Bertz CT molecular complexity index is 1410. The van der Waals surface area contributed by atoms with E-state index in [2.05, 4.69) is 4.98 Å². The first-order chi connectivity index (χ1) is 15.8. The van der Waals surface area contributed by atoms with Crippen LogP contribution in [0.25, 0.3) is 16.6 Å². The van der Waals surface area contributed by atoms with Gasteiger partial charge >= 0.3 is 0 Å². The Labute approximate surface area is 191 Å². The fraction of sp³-hybridized carbons (Fsp3) is 0.125. The van der Waals surface area contributed by atoms with Gasteiger partial charge in [0, 0.05) is 25.2 Å². The molecule has 1 aromatic heterocycles. The number of carbonyl (C=O) groups excluding carboxylic acids is 1. The smallest absolute Gasteiger partial charge is 0.266 e. The summed E-state index contributed by atoms with van der Waals surface area (Å²) >= 11 is 0.941. The molecule has 0 unspecified atom stereocenters. The van der Waals surface area contributed by atoms with Gasteiger partial charge in [0.1, 0.15) is 17.5 Å². The summed E-state index contributed by atoms with van der Waals surface area (Å²) in [6, 6.07) is 15.6. The molecule has 0 saturated carbocycles. The van der Waals surface area contributed by atoms with Crippen LogP contribution < -0.4 is 5.56 Å². The standard InChI is InChI=1S/C24H18F3N3O2S/c1-29(13-15-6-2-4-8-18(15)26)22(31)14-33-24-28-20-9-5-3-7-17(20)23(32)30(24)21-11-10-16(25)12-19(21)27/h2-12H,13-14H2,1H3. The minimum absolute atomic E-state index is 0.0661. The molecule has 0 aliphatic rings. The van der Waals surface area contributed by atoms with E-state index in [0.717, 1.165) is 28.5 Å². The summed E-state index contributed by atoms with van der Waals surface area (Å²) in [7, 11) is 1.54. The van der Waals surface area contributed by atoms with Crippen LogP contribution in [0.5, 0.6) is 0 Å². The van der Waals surface area contributed by atoms with Crippen molar-refractivity contribution in [3.63, 3.8) is 0 Å². The van der Waals surface area contributed by atoms with E-state index in [-0.39, 0.29) is 34.4 Å². The van der Waals surface area contributed by atoms with Gasteiger partial charge < -0.3 is 4.90 Å². The first kappa shape index (κ1) is 22.6. The van der Waals surface area contributed by atoms with Gasteiger partial charge in [0.15, 0.2) is 5.16 Å². The van der Waals surface area contributed by atoms with Crippen molar-refractivity contribution in [1.29, 1.82) is 0 Å². The Morgan fingerprint density at radius 3 is 2.48 bits per heavy atom. The molecule has 4 rings (SSSR count). The van der Waals surface area contributed by atoms with E-state index < -0.39 is 23.0 Å². The predicted octanol–water partition coefficient (Wildman–Crippen LogP) is 4.55. The Morgan fingerprint density at radius 2 is 1.73 bits per heavy atom. The molecular weight excluding hydrogens is 451 g/mol. The Hall–Kier alpha value is -3.59. The quantitative estimate of drug-likeness (QED) is 0.307. The normalized spacial score (nSPS) is 11.0. The predicted molar refractivity (Wildman–Crippen MR) is 121 cm³/mol. The van der Waals surface area contributed by atoms with Crippen molar-refractivity contribution in [3.05, 3.63) is 100 Å². The van der Waals surface area contributed by atoms with Gasteiger partial charge in [0.05, 0.1) is 22.3 Å².